The van der Waals surface area contributed by atoms with Crippen LogP contribution in [0.3, 0.4) is 0 Å². The zero-order chi connectivity index (χ0) is 27.4. The molecule has 210 valence electrons. The van der Waals surface area contributed by atoms with Crippen LogP contribution in [-0.2, 0) is 16.1 Å². The van der Waals surface area contributed by atoms with Crippen molar-refractivity contribution in [3.63, 3.8) is 0 Å². The number of hydrogen-bond acceptors (Lipinski definition) is 6. The summed E-state index contributed by atoms with van der Waals surface area (Å²) in [5.41, 5.74) is 1.53. The van der Waals surface area contributed by atoms with Gasteiger partial charge in [-0.1, -0.05) is 37.5 Å². The summed E-state index contributed by atoms with van der Waals surface area (Å²) in [5, 5.41) is 0. The molecule has 2 aromatic heterocycles. The highest BCUT2D eigenvalue weighted by Crippen LogP contribution is 2.48. The van der Waals surface area contributed by atoms with Crippen LogP contribution in [0.5, 0.6) is 0 Å². The van der Waals surface area contributed by atoms with Gasteiger partial charge in [-0.05, 0) is 75.0 Å². The molecule has 8 heteroatoms. The Hall–Kier alpha value is -3.26. The molecule has 2 saturated carbocycles. The van der Waals surface area contributed by atoms with E-state index in [4.69, 9.17) is 9.72 Å². The molecule has 6 atom stereocenters. The SMILES string of the molecule is COC(=O)Cn1c(-c2nc3ccccc3n([C@@H]3C[C@H]4CC[C@@H](C3)N4C3C[C@H]4CCC[C@@H](C3)C4)c2=O)cccc1=O. The molecular formula is C32H38N4O4. The van der Waals surface area contributed by atoms with Gasteiger partial charge in [0.2, 0.25) is 0 Å². The van der Waals surface area contributed by atoms with Gasteiger partial charge in [-0.2, -0.15) is 0 Å². The second kappa shape index (κ2) is 10.3. The van der Waals surface area contributed by atoms with Gasteiger partial charge in [0.05, 0.1) is 23.8 Å². The number of piperidine rings is 1. The molecule has 0 radical (unpaired) electrons. The summed E-state index contributed by atoms with van der Waals surface area (Å²) in [4.78, 5) is 46.9. The predicted octanol–water partition coefficient (Wildman–Crippen LogP) is 4.53. The third kappa shape index (κ3) is 4.41. The van der Waals surface area contributed by atoms with Crippen LogP contribution in [0, 0.1) is 11.8 Å². The molecule has 40 heavy (non-hydrogen) atoms. The van der Waals surface area contributed by atoms with Crippen LogP contribution in [0.2, 0.25) is 0 Å². The maximum absolute atomic E-state index is 14.3. The summed E-state index contributed by atoms with van der Waals surface area (Å²) in [6.45, 7) is -0.272. The number of rotatable bonds is 5. The lowest BCUT2D eigenvalue weighted by Gasteiger charge is -2.49. The summed E-state index contributed by atoms with van der Waals surface area (Å²) in [6.07, 6.45) is 12.7. The second-order valence-electron chi connectivity index (χ2n) is 12.5. The van der Waals surface area contributed by atoms with E-state index in [0.717, 1.165) is 30.2 Å². The van der Waals surface area contributed by atoms with Crippen molar-refractivity contribution in [2.45, 2.75) is 94.9 Å². The Morgan fingerprint density at radius 3 is 2.30 bits per heavy atom. The molecule has 0 amide bonds. The first kappa shape index (κ1) is 25.7. The monoisotopic (exact) mass is 542 g/mol. The van der Waals surface area contributed by atoms with Crippen LogP contribution < -0.4 is 11.1 Å². The standard InChI is InChI=1S/C32H38N4O4/c1-40-30(38)19-34-28(10-5-11-29(34)37)31-32(39)36(27-9-3-2-8-26(27)33-31)25-17-22-12-13-23(18-25)35(22)24-15-20-6-4-7-21(14-20)16-24/h2-3,5,8-11,20-25H,4,6-7,12-19H2,1H3/t20-,21+,22-,23+,24?,25-. The molecule has 3 aromatic rings. The molecule has 2 aliphatic carbocycles. The summed E-state index contributed by atoms with van der Waals surface area (Å²) in [5.74, 6) is 1.25. The number of methoxy groups -OCH3 is 1. The van der Waals surface area contributed by atoms with Gasteiger partial charge in [0.15, 0.2) is 5.69 Å². The molecule has 4 heterocycles. The lowest BCUT2D eigenvalue weighted by atomic mass is 9.69. The molecule has 0 spiro atoms. The number of para-hydroxylation sites is 2. The minimum absolute atomic E-state index is 0.0699. The van der Waals surface area contributed by atoms with E-state index in [1.807, 2.05) is 28.8 Å². The largest absolute Gasteiger partial charge is 0.468 e. The maximum Gasteiger partial charge on any atom is 0.325 e. The molecule has 4 fully saturated rings. The van der Waals surface area contributed by atoms with E-state index in [2.05, 4.69) is 4.90 Å². The van der Waals surface area contributed by atoms with E-state index in [1.165, 1.54) is 69.1 Å². The Morgan fingerprint density at radius 2 is 1.57 bits per heavy atom. The first-order chi connectivity index (χ1) is 19.5. The topological polar surface area (TPSA) is 86.4 Å². The average Bonchev–Trinajstić information content (AvgIpc) is 3.23. The van der Waals surface area contributed by atoms with Gasteiger partial charge in [0.1, 0.15) is 6.54 Å². The van der Waals surface area contributed by atoms with Gasteiger partial charge in [-0.15, -0.1) is 0 Å². The summed E-state index contributed by atoms with van der Waals surface area (Å²) in [6, 6.07) is 14.3. The summed E-state index contributed by atoms with van der Waals surface area (Å²) in [7, 11) is 1.29. The number of carbonyl (C=O) groups excluding carboxylic acids is 1. The first-order valence-corrected chi connectivity index (χ1v) is 15.1. The van der Waals surface area contributed by atoms with E-state index in [9.17, 15) is 14.4 Å². The Balaban J connectivity index is 1.27. The fraction of sp³-hybridized carbons (Fsp3) is 0.562. The second-order valence-corrected chi connectivity index (χ2v) is 12.5. The van der Waals surface area contributed by atoms with Gasteiger partial charge < -0.3 is 9.30 Å². The number of benzene rings is 1. The lowest BCUT2D eigenvalue weighted by Crippen LogP contribution is -2.52. The minimum atomic E-state index is -0.550. The molecular weight excluding hydrogens is 504 g/mol. The summed E-state index contributed by atoms with van der Waals surface area (Å²) < 4.78 is 8.07. The first-order valence-electron chi connectivity index (χ1n) is 15.1. The molecule has 2 aliphatic heterocycles. The van der Waals surface area contributed by atoms with E-state index in [1.54, 1.807) is 12.1 Å². The molecule has 0 N–H and O–H groups in total. The highest BCUT2D eigenvalue weighted by molar-refractivity contribution is 5.78. The lowest BCUT2D eigenvalue weighted by molar-refractivity contribution is -0.141. The van der Waals surface area contributed by atoms with Crippen LogP contribution >= 0.6 is 0 Å². The Labute approximate surface area is 234 Å². The molecule has 8 nitrogen and oxygen atoms in total. The van der Waals surface area contributed by atoms with Crippen LogP contribution in [0.4, 0.5) is 0 Å². The Bertz CT molecular complexity index is 1530. The number of aromatic nitrogens is 3. The third-order valence-electron chi connectivity index (χ3n) is 10.3. The van der Waals surface area contributed by atoms with Gasteiger partial charge in [0.25, 0.3) is 11.1 Å². The van der Waals surface area contributed by atoms with Crippen LogP contribution in [-0.4, -0.2) is 50.2 Å². The zero-order valence-corrected chi connectivity index (χ0v) is 23.2. The van der Waals surface area contributed by atoms with Crippen molar-refractivity contribution in [3.05, 3.63) is 63.2 Å². The normalized spacial score (nSPS) is 29.9. The van der Waals surface area contributed by atoms with Gasteiger partial charge in [-0.3, -0.25) is 23.9 Å². The van der Waals surface area contributed by atoms with Crippen molar-refractivity contribution >= 4 is 17.0 Å². The van der Waals surface area contributed by atoms with E-state index >= 15 is 0 Å². The molecule has 4 bridgehead atoms. The number of fused-ring (bicyclic) bond motifs is 5. The predicted molar refractivity (Wildman–Crippen MR) is 153 cm³/mol. The number of pyridine rings is 1. The van der Waals surface area contributed by atoms with Gasteiger partial charge in [0, 0.05) is 30.2 Å². The molecule has 4 aliphatic rings. The average molecular weight is 543 g/mol. The minimum Gasteiger partial charge on any atom is -0.468 e. The Morgan fingerprint density at radius 1 is 0.850 bits per heavy atom. The number of hydrogen-bond donors (Lipinski definition) is 0. The van der Waals surface area contributed by atoms with Crippen LogP contribution in [0.15, 0.2) is 52.1 Å². The van der Waals surface area contributed by atoms with Crippen LogP contribution in [0.25, 0.3) is 22.4 Å². The van der Waals surface area contributed by atoms with Crippen molar-refractivity contribution in [2.75, 3.05) is 7.11 Å². The van der Waals surface area contributed by atoms with Crippen molar-refractivity contribution < 1.29 is 9.53 Å². The molecule has 1 unspecified atom stereocenters. The number of carbonyl (C=O) groups is 1. The van der Waals surface area contributed by atoms with E-state index in [-0.39, 0.29) is 29.4 Å². The van der Waals surface area contributed by atoms with Crippen molar-refractivity contribution in [1.82, 2.24) is 19.0 Å². The quantitative estimate of drug-likeness (QED) is 0.440. The molecule has 2 saturated heterocycles. The summed E-state index contributed by atoms with van der Waals surface area (Å²) >= 11 is 0. The van der Waals surface area contributed by atoms with Gasteiger partial charge >= 0.3 is 5.97 Å². The third-order valence-corrected chi connectivity index (χ3v) is 10.3. The zero-order valence-electron chi connectivity index (χ0n) is 23.2. The fourth-order valence-corrected chi connectivity index (χ4v) is 8.70. The molecule has 7 rings (SSSR count). The number of ether oxygens (including phenoxy) is 1. The Kier molecular flexibility index (Phi) is 6.61. The smallest absolute Gasteiger partial charge is 0.325 e. The van der Waals surface area contributed by atoms with Crippen molar-refractivity contribution in [1.29, 1.82) is 0 Å². The van der Waals surface area contributed by atoms with E-state index < -0.39 is 5.97 Å². The fourth-order valence-electron chi connectivity index (χ4n) is 8.70. The molecule has 1 aromatic carbocycles. The highest BCUT2D eigenvalue weighted by atomic mass is 16.5. The van der Waals surface area contributed by atoms with Crippen molar-refractivity contribution in [2.24, 2.45) is 11.8 Å². The number of esters is 1. The maximum atomic E-state index is 14.3. The number of nitrogens with zero attached hydrogens (tertiary/aromatic N) is 4. The highest BCUT2D eigenvalue weighted by Gasteiger charge is 2.47. The van der Waals surface area contributed by atoms with Crippen LogP contribution in [0.1, 0.15) is 70.3 Å². The van der Waals surface area contributed by atoms with E-state index in [0.29, 0.717) is 29.3 Å². The van der Waals surface area contributed by atoms with Gasteiger partial charge in [-0.25, -0.2) is 4.98 Å². The van der Waals surface area contributed by atoms with Crippen molar-refractivity contribution in [3.8, 4) is 11.4 Å².